The van der Waals surface area contributed by atoms with Crippen LogP contribution in [0.1, 0.15) is 22.3 Å². The zero-order valence-electron chi connectivity index (χ0n) is 16.0. The minimum Gasteiger partial charge on any atom is -0.457 e. The van der Waals surface area contributed by atoms with Crippen molar-refractivity contribution in [1.82, 2.24) is 10.6 Å². The maximum Gasteiger partial charge on any atom is 0.283 e. The van der Waals surface area contributed by atoms with Gasteiger partial charge in [-0.15, -0.1) is 0 Å². The van der Waals surface area contributed by atoms with Crippen molar-refractivity contribution in [2.75, 3.05) is 20.1 Å². The number of halogens is 2. The Bertz CT molecular complexity index is 988. The Morgan fingerprint density at radius 3 is 2.52 bits per heavy atom. The first-order valence-corrected chi connectivity index (χ1v) is 9.87. The molecule has 152 valence electrons. The van der Waals surface area contributed by atoms with E-state index in [1.54, 1.807) is 12.1 Å². The number of hydrogen-bond acceptors (Lipinski definition) is 3. The summed E-state index contributed by atoms with van der Waals surface area (Å²) in [6, 6.07) is 16.6. The van der Waals surface area contributed by atoms with Gasteiger partial charge in [-0.1, -0.05) is 21.4 Å². The highest BCUT2D eigenvalue weighted by Gasteiger charge is 2.24. The lowest BCUT2D eigenvalue weighted by Crippen LogP contribution is -2.26. The molecule has 0 aliphatic heterocycles. The number of carbonyl (C=O) groups is 1. The zero-order valence-corrected chi connectivity index (χ0v) is 17.2. The molecule has 2 N–H and O–H groups in total. The van der Waals surface area contributed by atoms with Crippen molar-refractivity contribution in [1.29, 1.82) is 0 Å². The summed E-state index contributed by atoms with van der Waals surface area (Å²) in [5.74, 6) is 0.930. The van der Waals surface area contributed by atoms with Crippen LogP contribution in [0.4, 0.5) is 8.78 Å². The van der Waals surface area contributed by atoms with Gasteiger partial charge in [-0.2, -0.15) is 8.78 Å². The molecule has 0 radical (unpaired) electrons. The number of benzene rings is 3. The second-order valence-corrected chi connectivity index (χ2v) is 7.38. The van der Waals surface area contributed by atoms with Crippen LogP contribution in [0.5, 0.6) is 11.5 Å². The monoisotopic (exact) mass is 416 g/mol. The molecule has 0 aliphatic rings. The third kappa shape index (κ3) is 5.49. The molecule has 0 fully saturated rings. The van der Waals surface area contributed by atoms with E-state index in [4.69, 9.17) is 4.74 Å². The van der Waals surface area contributed by atoms with Gasteiger partial charge in [0.1, 0.15) is 11.5 Å². The summed E-state index contributed by atoms with van der Waals surface area (Å²) < 4.78 is 32.5. The highest BCUT2D eigenvalue weighted by molar-refractivity contribution is 7.17. The van der Waals surface area contributed by atoms with Crippen LogP contribution < -0.4 is 15.4 Å². The third-order valence-electron chi connectivity index (χ3n) is 4.46. The van der Waals surface area contributed by atoms with Crippen molar-refractivity contribution >= 4 is 25.9 Å². The SMILES string of the molecule is CNCCCNC(=O)c1ccc2c(Oc3ccc(C(F)(F)P)cc3)cccc2c1. The standard InChI is InChI=1S/C22H23F2N2O2P/c1-25-12-3-13-26-21(27)16-6-11-19-15(14-16)4-2-5-20(19)28-18-9-7-17(8-10-18)22(23,24)29/h2,4-11,14,25H,3,12-13,29H2,1H3,(H,26,27). The number of ether oxygens (including phenoxy) is 1. The second-order valence-electron chi connectivity index (χ2n) is 6.65. The summed E-state index contributed by atoms with van der Waals surface area (Å²) in [6.45, 7) is 1.45. The van der Waals surface area contributed by atoms with E-state index >= 15 is 0 Å². The quantitative estimate of drug-likeness (QED) is 0.406. The lowest BCUT2D eigenvalue weighted by atomic mass is 10.1. The van der Waals surface area contributed by atoms with Gasteiger partial charge in [-0.3, -0.25) is 4.79 Å². The smallest absolute Gasteiger partial charge is 0.283 e. The molecule has 1 amide bonds. The fourth-order valence-electron chi connectivity index (χ4n) is 2.93. The van der Waals surface area contributed by atoms with E-state index in [0.29, 0.717) is 23.6 Å². The molecule has 4 nitrogen and oxygen atoms in total. The first kappa shape index (κ1) is 21.2. The van der Waals surface area contributed by atoms with Crippen LogP contribution in [0.2, 0.25) is 0 Å². The summed E-state index contributed by atoms with van der Waals surface area (Å²) in [5.41, 5.74) is -2.49. The Balaban J connectivity index is 1.77. The van der Waals surface area contributed by atoms with Gasteiger partial charge in [0, 0.05) is 23.1 Å². The molecule has 0 spiro atoms. The van der Waals surface area contributed by atoms with Crippen molar-refractivity contribution in [3.63, 3.8) is 0 Å². The molecular formula is C22H23F2N2O2P. The van der Waals surface area contributed by atoms with Crippen molar-refractivity contribution in [2.24, 2.45) is 0 Å². The summed E-state index contributed by atoms with van der Waals surface area (Å²) in [5, 5.41) is 7.63. The van der Waals surface area contributed by atoms with E-state index in [0.717, 1.165) is 23.7 Å². The molecular weight excluding hydrogens is 393 g/mol. The van der Waals surface area contributed by atoms with Crippen LogP contribution in [0.3, 0.4) is 0 Å². The second kappa shape index (κ2) is 9.29. The van der Waals surface area contributed by atoms with Crippen LogP contribution in [0, 0.1) is 0 Å². The number of nitrogens with one attached hydrogen (secondary N) is 2. The molecule has 0 bridgehead atoms. The van der Waals surface area contributed by atoms with Crippen LogP contribution >= 0.6 is 9.24 Å². The number of rotatable bonds is 8. The molecule has 3 aromatic rings. The maximum atomic E-state index is 13.3. The molecule has 0 aliphatic carbocycles. The van der Waals surface area contributed by atoms with Crippen molar-refractivity contribution in [2.45, 2.75) is 12.1 Å². The molecule has 0 aromatic heterocycles. The van der Waals surface area contributed by atoms with E-state index in [9.17, 15) is 13.6 Å². The normalized spacial score (nSPS) is 11.4. The minimum absolute atomic E-state index is 0.0989. The number of carbonyl (C=O) groups excluding carboxylic acids is 1. The van der Waals surface area contributed by atoms with E-state index in [2.05, 4.69) is 10.6 Å². The number of fused-ring (bicyclic) bond motifs is 1. The van der Waals surface area contributed by atoms with Gasteiger partial charge in [0.15, 0.2) is 0 Å². The Hall–Kier alpha value is -2.56. The van der Waals surface area contributed by atoms with Crippen LogP contribution in [-0.2, 0) is 5.66 Å². The van der Waals surface area contributed by atoms with Crippen LogP contribution in [-0.4, -0.2) is 26.0 Å². The van der Waals surface area contributed by atoms with E-state index in [-0.39, 0.29) is 11.5 Å². The number of amides is 1. The highest BCUT2D eigenvalue weighted by Crippen LogP contribution is 2.36. The first-order valence-electron chi connectivity index (χ1n) is 9.29. The molecule has 0 saturated heterocycles. The molecule has 1 unspecified atom stereocenters. The Labute approximate surface area is 170 Å². The van der Waals surface area contributed by atoms with Gasteiger partial charge in [0.05, 0.1) is 0 Å². The lowest BCUT2D eigenvalue weighted by Gasteiger charge is -2.13. The lowest BCUT2D eigenvalue weighted by molar-refractivity contribution is 0.0953. The summed E-state index contributed by atoms with van der Waals surface area (Å²) in [4.78, 5) is 12.3. The molecule has 3 rings (SSSR count). The van der Waals surface area contributed by atoms with E-state index < -0.39 is 5.66 Å². The Kier molecular flexibility index (Phi) is 6.78. The molecule has 0 saturated carbocycles. The molecule has 1 atom stereocenters. The van der Waals surface area contributed by atoms with Gasteiger partial charge in [-0.25, -0.2) is 0 Å². The van der Waals surface area contributed by atoms with Gasteiger partial charge in [0.25, 0.3) is 11.6 Å². The van der Waals surface area contributed by atoms with Crippen molar-refractivity contribution < 1.29 is 18.3 Å². The fourth-order valence-corrected chi connectivity index (χ4v) is 3.12. The van der Waals surface area contributed by atoms with Gasteiger partial charge < -0.3 is 15.4 Å². The van der Waals surface area contributed by atoms with Gasteiger partial charge in [0.2, 0.25) is 0 Å². The van der Waals surface area contributed by atoms with Gasteiger partial charge in [-0.05, 0) is 73.9 Å². The summed E-state index contributed by atoms with van der Waals surface area (Å²) in [7, 11) is 3.39. The minimum atomic E-state index is -2.97. The summed E-state index contributed by atoms with van der Waals surface area (Å²) in [6.07, 6.45) is 0.856. The fraction of sp³-hybridized carbons (Fsp3) is 0.227. The molecule has 0 heterocycles. The first-order chi connectivity index (χ1) is 13.9. The average Bonchev–Trinajstić information content (AvgIpc) is 2.70. The van der Waals surface area contributed by atoms with Crippen LogP contribution in [0.25, 0.3) is 10.8 Å². The van der Waals surface area contributed by atoms with Crippen LogP contribution in [0.15, 0.2) is 60.7 Å². The predicted molar refractivity (Wildman–Crippen MR) is 115 cm³/mol. The highest BCUT2D eigenvalue weighted by atomic mass is 31.0. The predicted octanol–water partition coefficient (Wildman–Crippen LogP) is 4.90. The zero-order chi connectivity index (χ0) is 20.9. The maximum absolute atomic E-state index is 13.3. The largest absolute Gasteiger partial charge is 0.457 e. The summed E-state index contributed by atoms with van der Waals surface area (Å²) >= 11 is 0. The van der Waals surface area contributed by atoms with Crippen molar-refractivity contribution in [3.8, 4) is 11.5 Å². The van der Waals surface area contributed by atoms with Gasteiger partial charge >= 0.3 is 0 Å². The van der Waals surface area contributed by atoms with E-state index in [1.807, 2.05) is 31.3 Å². The number of alkyl halides is 2. The Morgan fingerprint density at radius 2 is 1.83 bits per heavy atom. The Morgan fingerprint density at radius 1 is 1.07 bits per heavy atom. The molecule has 7 heteroatoms. The van der Waals surface area contributed by atoms with Crippen molar-refractivity contribution in [3.05, 3.63) is 71.8 Å². The molecule has 3 aromatic carbocycles. The average molecular weight is 416 g/mol. The number of hydrogen-bond donors (Lipinski definition) is 2. The van der Waals surface area contributed by atoms with E-state index in [1.165, 1.54) is 33.5 Å². The third-order valence-corrected chi connectivity index (χ3v) is 4.79. The molecule has 29 heavy (non-hydrogen) atoms. The topological polar surface area (TPSA) is 50.4 Å².